The predicted octanol–water partition coefficient (Wildman–Crippen LogP) is 6.85. The molecule has 2 aromatic carbocycles. The highest BCUT2D eigenvalue weighted by atomic mass is 79.9. The Kier molecular flexibility index (Phi) is 4.67. The minimum atomic E-state index is -4.07. The van der Waals surface area contributed by atoms with Gasteiger partial charge in [-0.05, 0) is 24.3 Å². The van der Waals surface area contributed by atoms with Crippen LogP contribution < -0.4 is 9.05 Å². The zero-order valence-corrected chi connectivity index (χ0v) is 16.8. The number of aromatic amines is 2. The fraction of sp³-hybridized carbons (Fsp3) is 0. The third-order valence-corrected chi connectivity index (χ3v) is 6.45. The molecule has 0 saturated heterocycles. The number of benzene rings is 2. The summed E-state index contributed by atoms with van der Waals surface area (Å²) in [5.41, 5.74) is 1.45. The summed E-state index contributed by atoms with van der Waals surface area (Å²) in [6.45, 7) is 0. The van der Waals surface area contributed by atoms with Crippen molar-refractivity contribution in [2.24, 2.45) is 0 Å². The van der Waals surface area contributed by atoms with Gasteiger partial charge in [-0.3, -0.25) is 0 Å². The van der Waals surface area contributed by atoms with Crippen molar-refractivity contribution in [1.29, 1.82) is 0 Å². The van der Waals surface area contributed by atoms with E-state index in [9.17, 15) is 4.57 Å². The molecular formula is C16H10BrCl2N2O4P. The van der Waals surface area contributed by atoms with E-state index in [4.69, 9.17) is 35.9 Å². The van der Waals surface area contributed by atoms with Crippen LogP contribution in [-0.4, -0.2) is 9.97 Å². The molecule has 0 amide bonds. The van der Waals surface area contributed by atoms with E-state index in [-0.39, 0.29) is 11.5 Å². The summed E-state index contributed by atoms with van der Waals surface area (Å²) < 4.78 is 28.9. The van der Waals surface area contributed by atoms with Gasteiger partial charge in [0.2, 0.25) is 0 Å². The number of fused-ring (bicyclic) bond motifs is 2. The minimum Gasteiger partial charge on any atom is -0.392 e. The minimum absolute atomic E-state index is 0.235. The molecule has 2 N–H and O–H groups in total. The number of phosphoric ester groups is 1. The van der Waals surface area contributed by atoms with Crippen molar-refractivity contribution >= 4 is 69.1 Å². The molecule has 4 aromatic rings. The maximum atomic E-state index is 13.0. The summed E-state index contributed by atoms with van der Waals surface area (Å²) in [6, 6.07) is 10.6. The highest BCUT2D eigenvalue weighted by Gasteiger charge is 2.33. The van der Waals surface area contributed by atoms with Gasteiger partial charge in [0.15, 0.2) is 11.5 Å². The van der Waals surface area contributed by atoms with E-state index in [0.717, 1.165) is 11.0 Å². The Morgan fingerprint density at radius 3 is 1.73 bits per heavy atom. The molecule has 4 rings (SSSR count). The van der Waals surface area contributed by atoms with Gasteiger partial charge in [-0.1, -0.05) is 35.3 Å². The van der Waals surface area contributed by atoms with Crippen molar-refractivity contribution in [3.63, 3.8) is 0 Å². The van der Waals surface area contributed by atoms with Crippen LogP contribution in [0.1, 0.15) is 0 Å². The van der Waals surface area contributed by atoms with Crippen LogP contribution in [-0.2, 0) is 8.18 Å². The maximum absolute atomic E-state index is 13.0. The molecule has 0 saturated carbocycles. The van der Waals surface area contributed by atoms with Crippen LogP contribution in [0.15, 0.2) is 48.8 Å². The summed E-state index contributed by atoms with van der Waals surface area (Å²) in [7, 11) is -4.07. The first-order valence-corrected chi connectivity index (χ1v) is 10.2. The van der Waals surface area contributed by atoms with Crippen LogP contribution in [0.2, 0.25) is 10.0 Å². The number of hydrogen-bond donors (Lipinski definition) is 2. The van der Waals surface area contributed by atoms with E-state index in [0.29, 0.717) is 20.8 Å². The average Bonchev–Trinajstić information content (AvgIpc) is 3.21. The lowest BCUT2D eigenvalue weighted by Crippen LogP contribution is -2.00. The van der Waals surface area contributed by atoms with Crippen molar-refractivity contribution in [3.8, 4) is 11.5 Å². The van der Waals surface area contributed by atoms with Crippen molar-refractivity contribution in [3.05, 3.63) is 58.8 Å². The van der Waals surface area contributed by atoms with Gasteiger partial charge in [-0.15, -0.1) is 0 Å². The second kappa shape index (κ2) is 6.83. The molecule has 0 radical (unpaired) electrons. The highest BCUT2D eigenvalue weighted by Crippen LogP contribution is 2.54. The van der Waals surface area contributed by atoms with Crippen molar-refractivity contribution in [2.45, 2.75) is 0 Å². The van der Waals surface area contributed by atoms with Crippen LogP contribution in [0.3, 0.4) is 0 Å². The van der Waals surface area contributed by atoms with Gasteiger partial charge in [0.05, 0.1) is 31.9 Å². The quantitative estimate of drug-likeness (QED) is 0.309. The van der Waals surface area contributed by atoms with Gasteiger partial charge in [0.25, 0.3) is 0 Å². The summed E-state index contributed by atoms with van der Waals surface area (Å²) in [6.07, 6.45) is 3.06. The molecule has 0 aliphatic carbocycles. The summed E-state index contributed by atoms with van der Waals surface area (Å²) in [5.74, 6) is 0.471. The fourth-order valence-corrected chi connectivity index (χ4v) is 4.41. The molecule has 2 heterocycles. The largest absolute Gasteiger partial charge is 0.599 e. The standard InChI is InChI=1S/C16H10BrCl2N2O4P/c17-25-26(22,23-13-7-20-11-5-1-3-9(18)15(11)13)24-14-8-21-12-6-2-4-10(19)16(12)14/h1-8,20-21H. The maximum Gasteiger partial charge on any atom is 0.599 e. The van der Waals surface area contributed by atoms with E-state index < -0.39 is 7.82 Å². The number of halogens is 3. The van der Waals surface area contributed by atoms with Gasteiger partial charge in [0.1, 0.15) is 16.3 Å². The predicted molar refractivity (Wildman–Crippen MR) is 105 cm³/mol. The third kappa shape index (κ3) is 3.10. The molecule has 0 fully saturated rings. The normalized spacial score (nSPS) is 12.0. The lowest BCUT2D eigenvalue weighted by molar-refractivity contribution is 0.322. The van der Waals surface area contributed by atoms with Crippen LogP contribution in [0.4, 0.5) is 0 Å². The van der Waals surface area contributed by atoms with Crippen LogP contribution in [0.5, 0.6) is 11.5 Å². The third-order valence-electron chi connectivity index (χ3n) is 3.74. The van der Waals surface area contributed by atoms with E-state index in [1.807, 2.05) is 12.1 Å². The fourth-order valence-electron chi connectivity index (χ4n) is 2.65. The SMILES string of the molecule is O=P(OBr)(Oc1c[nH]c2cccc(Cl)c12)Oc1c[nH]c2cccc(Cl)c12. The molecule has 26 heavy (non-hydrogen) atoms. The molecule has 0 aliphatic heterocycles. The van der Waals surface area contributed by atoms with Crippen molar-refractivity contribution < 1.29 is 17.2 Å². The molecule has 0 aliphatic rings. The molecule has 2 aromatic heterocycles. The Labute approximate surface area is 166 Å². The molecule has 10 heteroatoms. The van der Waals surface area contributed by atoms with E-state index in [1.54, 1.807) is 24.3 Å². The van der Waals surface area contributed by atoms with Crippen molar-refractivity contribution in [1.82, 2.24) is 9.97 Å². The zero-order valence-electron chi connectivity index (χ0n) is 12.8. The smallest absolute Gasteiger partial charge is 0.392 e. The number of aromatic nitrogens is 2. The van der Waals surface area contributed by atoms with E-state index >= 15 is 0 Å². The molecule has 0 atom stereocenters. The average molecular weight is 476 g/mol. The Bertz CT molecular complexity index is 1070. The monoisotopic (exact) mass is 474 g/mol. The molecule has 0 bridgehead atoms. The molecule has 134 valence electrons. The number of hydrogen-bond acceptors (Lipinski definition) is 4. The van der Waals surface area contributed by atoms with E-state index in [1.165, 1.54) is 12.4 Å². The van der Waals surface area contributed by atoms with Gasteiger partial charge in [-0.2, -0.15) is 3.62 Å². The number of rotatable bonds is 5. The highest BCUT2D eigenvalue weighted by molar-refractivity contribution is 9.06. The van der Waals surface area contributed by atoms with Crippen LogP contribution >= 0.6 is 47.3 Å². The first-order chi connectivity index (χ1) is 12.5. The van der Waals surface area contributed by atoms with Gasteiger partial charge in [0, 0.05) is 12.4 Å². The van der Waals surface area contributed by atoms with Crippen molar-refractivity contribution in [2.75, 3.05) is 0 Å². The summed E-state index contributed by atoms with van der Waals surface area (Å²) in [4.78, 5) is 5.98. The van der Waals surface area contributed by atoms with Crippen LogP contribution in [0.25, 0.3) is 21.8 Å². The molecular weight excluding hydrogens is 466 g/mol. The van der Waals surface area contributed by atoms with Crippen LogP contribution in [0, 0.1) is 0 Å². The second-order valence-corrected chi connectivity index (χ2v) is 8.41. The lowest BCUT2D eigenvalue weighted by atomic mass is 10.2. The van der Waals surface area contributed by atoms with Gasteiger partial charge < -0.3 is 19.0 Å². The molecule has 6 nitrogen and oxygen atoms in total. The second-order valence-electron chi connectivity index (χ2n) is 5.33. The lowest BCUT2D eigenvalue weighted by Gasteiger charge is -2.15. The Morgan fingerprint density at radius 2 is 1.31 bits per heavy atom. The Hall–Kier alpha value is -1.63. The Morgan fingerprint density at radius 1 is 0.846 bits per heavy atom. The number of nitrogens with one attached hydrogen (secondary N) is 2. The molecule has 0 unspecified atom stereocenters. The first kappa shape index (κ1) is 17.8. The first-order valence-electron chi connectivity index (χ1n) is 7.31. The van der Waals surface area contributed by atoms with Gasteiger partial charge >= 0.3 is 7.82 Å². The number of phosphoric acid groups is 1. The Balaban J connectivity index is 1.72. The summed E-state index contributed by atoms with van der Waals surface area (Å²) in [5, 5.41) is 2.02. The summed E-state index contributed by atoms with van der Waals surface area (Å²) >= 11 is 15.2. The zero-order chi connectivity index (χ0) is 18.3. The van der Waals surface area contributed by atoms with Gasteiger partial charge in [-0.25, -0.2) is 4.57 Å². The topological polar surface area (TPSA) is 76.3 Å². The molecule has 0 spiro atoms. The van der Waals surface area contributed by atoms with E-state index in [2.05, 4.69) is 26.2 Å². The number of H-pyrrole nitrogens is 2.